The first kappa shape index (κ1) is 21.3. The van der Waals surface area contributed by atoms with Crippen LogP contribution in [0.3, 0.4) is 0 Å². The molecule has 0 saturated heterocycles. The lowest BCUT2D eigenvalue weighted by Crippen LogP contribution is -2.39. The number of thiazole rings is 2. The third-order valence-electron chi connectivity index (χ3n) is 3.30. The van der Waals surface area contributed by atoms with E-state index in [0.29, 0.717) is 5.92 Å². The number of guanidine groups is 1. The second kappa shape index (κ2) is 11.0. The molecule has 0 aliphatic carbocycles. The van der Waals surface area contributed by atoms with Gasteiger partial charge in [0.2, 0.25) is 0 Å². The summed E-state index contributed by atoms with van der Waals surface area (Å²) < 4.78 is 0. The second-order valence-corrected chi connectivity index (χ2v) is 7.57. The molecule has 2 heterocycles. The van der Waals surface area contributed by atoms with Gasteiger partial charge in [-0.3, -0.25) is 4.99 Å². The summed E-state index contributed by atoms with van der Waals surface area (Å²) in [6.45, 7) is 8.05. The van der Waals surface area contributed by atoms with Crippen molar-refractivity contribution in [3.05, 3.63) is 32.2 Å². The minimum absolute atomic E-state index is 0. The maximum atomic E-state index is 4.65. The first-order chi connectivity index (χ1) is 11.1. The molecule has 0 aromatic carbocycles. The van der Waals surface area contributed by atoms with Crippen LogP contribution in [0, 0.1) is 6.92 Å². The van der Waals surface area contributed by atoms with Crippen LogP contribution < -0.4 is 10.6 Å². The standard InChI is InChI=1S/C16H25N5S2.HI/c1-11(2)15-21-14(10-23-15)6-8-19-16(17-4)18-7-5-13-9-22-12(3)20-13;/h9-11H,5-8H2,1-4H3,(H2,17,18,19);1H. The molecule has 0 saturated carbocycles. The lowest BCUT2D eigenvalue weighted by molar-refractivity contribution is 0.766. The minimum atomic E-state index is 0. The van der Waals surface area contributed by atoms with Crippen LogP contribution in [0.4, 0.5) is 0 Å². The lowest BCUT2D eigenvalue weighted by atomic mass is 10.2. The molecule has 0 fully saturated rings. The summed E-state index contributed by atoms with van der Waals surface area (Å²) in [6.07, 6.45) is 1.82. The van der Waals surface area contributed by atoms with Crippen molar-refractivity contribution in [2.45, 2.75) is 39.5 Å². The number of aromatic nitrogens is 2. The molecular weight excluding hydrogens is 453 g/mol. The Labute approximate surface area is 169 Å². The van der Waals surface area contributed by atoms with E-state index >= 15 is 0 Å². The molecule has 8 heteroatoms. The molecule has 0 amide bonds. The zero-order chi connectivity index (χ0) is 16.7. The van der Waals surface area contributed by atoms with Crippen LogP contribution in [-0.2, 0) is 12.8 Å². The second-order valence-electron chi connectivity index (χ2n) is 5.62. The summed E-state index contributed by atoms with van der Waals surface area (Å²) in [5.74, 6) is 1.33. The van der Waals surface area contributed by atoms with E-state index in [1.54, 1.807) is 29.7 Å². The number of aryl methyl sites for hydroxylation is 1. The van der Waals surface area contributed by atoms with Crippen LogP contribution >= 0.6 is 46.7 Å². The van der Waals surface area contributed by atoms with Crippen LogP contribution in [0.1, 0.15) is 41.2 Å². The predicted molar refractivity (Wildman–Crippen MR) is 115 cm³/mol. The Morgan fingerprint density at radius 1 is 1.08 bits per heavy atom. The van der Waals surface area contributed by atoms with Crippen molar-refractivity contribution in [2.24, 2.45) is 4.99 Å². The minimum Gasteiger partial charge on any atom is -0.356 e. The van der Waals surface area contributed by atoms with Crippen LogP contribution in [0.5, 0.6) is 0 Å². The SMILES string of the molecule is CN=C(NCCc1csc(C)n1)NCCc1csc(C(C)C)n1.I. The zero-order valence-corrected chi connectivity index (χ0v) is 18.6. The highest BCUT2D eigenvalue weighted by Gasteiger charge is 2.06. The number of hydrogen-bond donors (Lipinski definition) is 2. The quantitative estimate of drug-likeness (QED) is 0.362. The van der Waals surface area contributed by atoms with Gasteiger partial charge in [0.1, 0.15) is 0 Å². The van der Waals surface area contributed by atoms with Crippen molar-refractivity contribution in [1.29, 1.82) is 0 Å². The Balaban J connectivity index is 0.00000288. The van der Waals surface area contributed by atoms with E-state index in [-0.39, 0.29) is 24.0 Å². The Morgan fingerprint density at radius 2 is 1.67 bits per heavy atom. The number of nitrogens with zero attached hydrogens (tertiary/aromatic N) is 3. The van der Waals surface area contributed by atoms with E-state index in [9.17, 15) is 0 Å². The summed E-state index contributed by atoms with van der Waals surface area (Å²) in [4.78, 5) is 13.4. The lowest BCUT2D eigenvalue weighted by Gasteiger charge is -2.10. The normalized spacial score (nSPS) is 11.5. The van der Waals surface area contributed by atoms with Gasteiger partial charge in [-0.15, -0.1) is 46.7 Å². The molecule has 0 unspecified atom stereocenters. The Morgan fingerprint density at radius 3 is 2.12 bits per heavy atom. The van der Waals surface area contributed by atoms with E-state index < -0.39 is 0 Å². The fourth-order valence-electron chi connectivity index (χ4n) is 2.06. The topological polar surface area (TPSA) is 62.2 Å². The van der Waals surface area contributed by atoms with Crippen LogP contribution in [0.15, 0.2) is 15.8 Å². The van der Waals surface area contributed by atoms with Gasteiger partial charge in [-0.2, -0.15) is 0 Å². The third kappa shape index (κ3) is 7.02. The van der Waals surface area contributed by atoms with Crippen molar-refractivity contribution >= 4 is 52.6 Å². The van der Waals surface area contributed by atoms with Gasteiger partial charge in [0.25, 0.3) is 0 Å². The number of aliphatic imine (C=N–C) groups is 1. The van der Waals surface area contributed by atoms with Crippen molar-refractivity contribution in [1.82, 2.24) is 20.6 Å². The van der Waals surface area contributed by atoms with Gasteiger partial charge in [-0.1, -0.05) is 13.8 Å². The molecule has 0 aliphatic rings. The first-order valence-electron chi connectivity index (χ1n) is 7.88. The van der Waals surface area contributed by atoms with Crippen molar-refractivity contribution < 1.29 is 0 Å². The summed E-state index contributed by atoms with van der Waals surface area (Å²) in [5, 5.41) is 13.2. The Kier molecular flexibility index (Phi) is 9.75. The van der Waals surface area contributed by atoms with E-state index in [1.807, 2.05) is 6.92 Å². The molecule has 134 valence electrons. The fourth-order valence-corrected chi connectivity index (χ4v) is 3.58. The van der Waals surface area contributed by atoms with Gasteiger partial charge >= 0.3 is 0 Å². The number of hydrogen-bond acceptors (Lipinski definition) is 5. The summed E-state index contributed by atoms with van der Waals surface area (Å²) in [5.41, 5.74) is 2.29. The van der Waals surface area contributed by atoms with Gasteiger partial charge in [0, 0.05) is 49.7 Å². The molecule has 2 aromatic rings. The van der Waals surface area contributed by atoms with Gasteiger partial charge in [-0.05, 0) is 6.92 Å². The number of nitrogens with one attached hydrogen (secondary N) is 2. The molecule has 0 atom stereocenters. The molecule has 2 N–H and O–H groups in total. The van der Waals surface area contributed by atoms with Crippen LogP contribution in [0.2, 0.25) is 0 Å². The Bertz CT molecular complexity index is 636. The van der Waals surface area contributed by atoms with Crippen molar-refractivity contribution in [3.63, 3.8) is 0 Å². The highest BCUT2D eigenvalue weighted by Crippen LogP contribution is 2.19. The largest absolute Gasteiger partial charge is 0.356 e. The summed E-state index contributed by atoms with van der Waals surface area (Å²) >= 11 is 3.44. The third-order valence-corrected chi connectivity index (χ3v) is 5.32. The molecule has 0 bridgehead atoms. The predicted octanol–water partition coefficient (Wildman–Crippen LogP) is 3.60. The molecule has 5 nitrogen and oxygen atoms in total. The summed E-state index contributed by atoms with van der Waals surface area (Å²) in [6, 6.07) is 0. The molecule has 2 aromatic heterocycles. The van der Waals surface area contributed by atoms with Crippen molar-refractivity contribution in [3.8, 4) is 0 Å². The highest BCUT2D eigenvalue weighted by molar-refractivity contribution is 14.0. The van der Waals surface area contributed by atoms with Crippen LogP contribution in [0.25, 0.3) is 0 Å². The fraction of sp³-hybridized carbons (Fsp3) is 0.562. The molecular formula is C16H26IN5S2. The number of halogens is 1. The van der Waals surface area contributed by atoms with Gasteiger partial charge < -0.3 is 10.6 Å². The van der Waals surface area contributed by atoms with Gasteiger partial charge in [0.05, 0.1) is 21.4 Å². The van der Waals surface area contributed by atoms with Crippen LogP contribution in [-0.4, -0.2) is 36.1 Å². The maximum Gasteiger partial charge on any atom is 0.191 e. The number of rotatable bonds is 7. The average Bonchev–Trinajstić information content (AvgIpc) is 3.15. The zero-order valence-electron chi connectivity index (χ0n) is 14.6. The smallest absolute Gasteiger partial charge is 0.191 e. The first-order valence-corrected chi connectivity index (χ1v) is 9.64. The van der Waals surface area contributed by atoms with Gasteiger partial charge in [0.15, 0.2) is 5.96 Å². The highest BCUT2D eigenvalue weighted by atomic mass is 127. The van der Waals surface area contributed by atoms with Gasteiger partial charge in [-0.25, -0.2) is 9.97 Å². The monoisotopic (exact) mass is 479 g/mol. The molecule has 24 heavy (non-hydrogen) atoms. The van der Waals surface area contributed by atoms with E-state index in [4.69, 9.17) is 0 Å². The molecule has 0 spiro atoms. The van der Waals surface area contributed by atoms with E-state index in [1.165, 1.54) is 5.01 Å². The average molecular weight is 479 g/mol. The van der Waals surface area contributed by atoms with E-state index in [2.05, 4.69) is 50.2 Å². The molecule has 0 aliphatic heterocycles. The van der Waals surface area contributed by atoms with E-state index in [0.717, 1.165) is 48.3 Å². The van der Waals surface area contributed by atoms with Crippen molar-refractivity contribution in [2.75, 3.05) is 20.1 Å². The molecule has 2 rings (SSSR count). The maximum absolute atomic E-state index is 4.65. The summed E-state index contributed by atoms with van der Waals surface area (Å²) in [7, 11) is 1.79. The molecule has 0 radical (unpaired) electrons. The Hall–Kier alpha value is -0.740.